The Labute approximate surface area is 115 Å². The van der Waals surface area contributed by atoms with Crippen LogP contribution in [-0.2, 0) is 16.1 Å². The number of amides is 1. The number of hydrogen-bond donors (Lipinski definition) is 3. The standard InChI is InChI=1S/C13H16FN3O3/c14-10-7-9(8-16-12(18)13(19)20)1-2-11(10)17-5-3-15-4-6-17/h1-2,7,15H,3-6,8H2,(H,16,18)(H,19,20). The predicted molar refractivity (Wildman–Crippen MR) is 71.0 cm³/mol. The first-order valence-corrected chi connectivity index (χ1v) is 6.33. The molecule has 1 amide bonds. The van der Waals surface area contributed by atoms with Crippen LogP contribution in [0.25, 0.3) is 0 Å². The number of rotatable bonds is 3. The number of anilines is 1. The molecule has 0 aromatic heterocycles. The van der Waals surface area contributed by atoms with Gasteiger partial charge in [-0.05, 0) is 17.7 Å². The van der Waals surface area contributed by atoms with E-state index in [1.807, 2.05) is 4.90 Å². The molecule has 7 heteroatoms. The summed E-state index contributed by atoms with van der Waals surface area (Å²) in [7, 11) is 0. The van der Waals surface area contributed by atoms with Gasteiger partial charge in [-0.1, -0.05) is 6.07 Å². The molecule has 1 aromatic rings. The molecule has 1 aromatic carbocycles. The van der Waals surface area contributed by atoms with Crippen LogP contribution in [0.2, 0.25) is 0 Å². The van der Waals surface area contributed by atoms with Gasteiger partial charge in [-0.3, -0.25) is 4.79 Å². The van der Waals surface area contributed by atoms with Gasteiger partial charge >= 0.3 is 11.9 Å². The first-order valence-electron chi connectivity index (χ1n) is 6.33. The number of aliphatic carboxylic acids is 1. The van der Waals surface area contributed by atoms with Crippen molar-refractivity contribution in [3.8, 4) is 0 Å². The maximum Gasteiger partial charge on any atom is 0.394 e. The van der Waals surface area contributed by atoms with E-state index in [0.717, 1.165) is 26.2 Å². The Kier molecular flexibility index (Phi) is 4.52. The summed E-state index contributed by atoms with van der Waals surface area (Å²) in [5.41, 5.74) is 1.05. The normalized spacial score (nSPS) is 14.9. The van der Waals surface area contributed by atoms with E-state index in [9.17, 15) is 14.0 Å². The summed E-state index contributed by atoms with van der Waals surface area (Å²) in [6, 6.07) is 4.66. The SMILES string of the molecule is O=C(O)C(=O)NCc1ccc(N2CCNCC2)c(F)c1. The van der Waals surface area contributed by atoms with Crippen LogP contribution in [0.1, 0.15) is 5.56 Å². The molecule has 1 saturated heterocycles. The van der Waals surface area contributed by atoms with E-state index in [-0.39, 0.29) is 12.4 Å². The molecule has 0 atom stereocenters. The largest absolute Gasteiger partial charge is 0.474 e. The molecule has 1 aliphatic rings. The highest BCUT2D eigenvalue weighted by molar-refractivity contribution is 6.31. The number of carbonyl (C=O) groups excluding carboxylic acids is 1. The molecular weight excluding hydrogens is 265 g/mol. The molecule has 1 aliphatic heterocycles. The summed E-state index contributed by atoms with van der Waals surface area (Å²) in [6.07, 6.45) is 0. The molecule has 2 rings (SSSR count). The zero-order chi connectivity index (χ0) is 14.5. The number of carboxylic acid groups (broad SMARTS) is 1. The fourth-order valence-corrected chi connectivity index (χ4v) is 2.08. The van der Waals surface area contributed by atoms with Crippen LogP contribution >= 0.6 is 0 Å². The van der Waals surface area contributed by atoms with Crippen molar-refractivity contribution in [1.29, 1.82) is 0 Å². The lowest BCUT2D eigenvalue weighted by Gasteiger charge is -2.29. The summed E-state index contributed by atoms with van der Waals surface area (Å²) >= 11 is 0. The lowest BCUT2D eigenvalue weighted by Crippen LogP contribution is -2.43. The van der Waals surface area contributed by atoms with Gasteiger partial charge in [0, 0.05) is 32.7 Å². The van der Waals surface area contributed by atoms with Gasteiger partial charge in [-0.15, -0.1) is 0 Å². The molecule has 3 N–H and O–H groups in total. The van der Waals surface area contributed by atoms with Crippen molar-refractivity contribution < 1.29 is 19.1 Å². The maximum atomic E-state index is 14.0. The van der Waals surface area contributed by atoms with Gasteiger partial charge in [-0.2, -0.15) is 0 Å². The minimum atomic E-state index is -1.55. The van der Waals surface area contributed by atoms with Gasteiger partial charge in [0.2, 0.25) is 0 Å². The van der Waals surface area contributed by atoms with E-state index >= 15 is 0 Å². The molecule has 1 heterocycles. The zero-order valence-corrected chi connectivity index (χ0v) is 10.9. The van der Waals surface area contributed by atoms with E-state index in [0.29, 0.717) is 11.3 Å². The minimum absolute atomic E-state index is 0.0100. The average molecular weight is 281 g/mol. The number of hydrogen-bond acceptors (Lipinski definition) is 4. The van der Waals surface area contributed by atoms with Crippen LogP contribution in [0.15, 0.2) is 18.2 Å². The van der Waals surface area contributed by atoms with Crippen molar-refractivity contribution in [1.82, 2.24) is 10.6 Å². The van der Waals surface area contributed by atoms with Crippen molar-refractivity contribution in [3.05, 3.63) is 29.6 Å². The van der Waals surface area contributed by atoms with Crippen molar-refractivity contribution >= 4 is 17.6 Å². The smallest absolute Gasteiger partial charge is 0.394 e. The van der Waals surface area contributed by atoms with E-state index in [1.54, 1.807) is 12.1 Å². The number of carboxylic acids is 1. The summed E-state index contributed by atoms with van der Waals surface area (Å²) in [5, 5.41) is 13.8. The van der Waals surface area contributed by atoms with Crippen LogP contribution in [-0.4, -0.2) is 43.2 Å². The molecule has 0 saturated carbocycles. The summed E-state index contributed by atoms with van der Waals surface area (Å²) in [6.45, 7) is 3.10. The van der Waals surface area contributed by atoms with Gasteiger partial charge in [0.25, 0.3) is 0 Å². The molecule has 0 bridgehead atoms. The molecule has 6 nitrogen and oxygen atoms in total. The number of carbonyl (C=O) groups is 2. The Morgan fingerprint density at radius 3 is 2.65 bits per heavy atom. The fourth-order valence-electron chi connectivity index (χ4n) is 2.08. The maximum absolute atomic E-state index is 14.0. The third-order valence-electron chi connectivity index (χ3n) is 3.12. The molecular formula is C13H16FN3O3. The van der Waals surface area contributed by atoms with E-state index < -0.39 is 11.9 Å². The summed E-state index contributed by atoms with van der Waals surface area (Å²) in [4.78, 5) is 23.2. The number of piperazine rings is 1. The third kappa shape index (κ3) is 3.45. The fraction of sp³-hybridized carbons (Fsp3) is 0.385. The molecule has 0 unspecified atom stereocenters. The molecule has 1 fully saturated rings. The quantitative estimate of drug-likeness (QED) is 0.676. The van der Waals surface area contributed by atoms with Gasteiger partial charge in [0.15, 0.2) is 0 Å². The Hall–Kier alpha value is -2.15. The number of halogens is 1. The van der Waals surface area contributed by atoms with Crippen molar-refractivity contribution in [3.63, 3.8) is 0 Å². The highest BCUT2D eigenvalue weighted by Gasteiger charge is 2.15. The molecule has 20 heavy (non-hydrogen) atoms. The number of benzene rings is 1. The van der Waals surface area contributed by atoms with Gasteiger partial charge < -0.3 is 20.6 Å². The zero-order valence-electron chi connectivity index (χ0n) is 10.9. The molecule has 0 aliphatic carbocycles. The third-order valence-corrected chi connectivity index (χ3v) is 3.12. The Balaban J connectivity index is 2.01. The highest BCUT2D eigenvalue weighted by Crippen LogP contribution is 2.20. The van der Waals surface area contributed by atoms with Gasteiger partial charge in [-0.25, -0.2) is 9.18 Å². The van der Waals surface area contributed by atoms with Crippen LogP contribution in [0, 0.1) is 5.82 Å². The first kappa shape index (κ1) is 14.3. The predicted octanol–water partition coefficient (Wildman–Crippen LogP) is -0.0639. The van der Waals surface area contributed by atoms with Crippen molar-refractivity contribution in [2.45, 2.75) is 6.54 Å². The lowest BCUT2D eigenvalue weighted by atomic mass is 10.1. The topological polar surface area (TPSA) is 81.7 Å². The average Bonchev–Trinajstić information content (AvgIpc) is 2.45. The van der Waals surface area contributed by atoms with E-state index in [1.165, 1.54) is 6.07 Å². The van der Waals surface area contributed by atoms with Crippen LogP contribution < -0.4 is 15.5 Å². The molecule has 0 radical (unpaired) electrons. The Morgan fingerprint density at radius 1 is 1.35 bits per heavy atom. The minimum Gasteiger partial charge on any atom is -0.474 e. The Bertz CT molecular complexity index is 516. The highest BCUT2D eigenvalue weighted by atomic mass is 19.1. The molecule has 0 spiro atoms. The second kappa shape index (κ2) is 6.33. The second-order valence-corrected chi connectivity index (χ2v) is 4.51. The van der Waals surface area contributed by atoms with Crippen LogP contribution in [0.3, 0.4) is 0 Å². The van der Waals surface area contributed by atoms with E-state index in [2.05, 4.69) is 10.6 Å². The van der Waals surface area contributed by atoms with Crippen molar-refractivity contribution in [2.75, 3.05) is 31.1 Å². The second-order valence-electron chi connectivity index (χ2n) is 4.51. The van der Waals surface area contributed by atoms with E-state index in [4.69, 9.17) is 5.11 Å². The Morgan fingerprint density at radius 2 is 2.05 bits per heavy atom. The number of nitrogens with zero attached hydrogens (tertiary/aromatic N) is 1. The van der Waals surface area contributed by atoms with Crippen molar-refractivity contribution in [2.24, 2.45) is 0 Å². The molecule has 108 valence electrons. The monoisotopic (exact) mass is 281 g/mol. The lowest BCUT2D eigenvalue weighted by molar-refractivity contribution is -0.150. The van der Waals surface area contributed by atoms with Crippen LogP contribution in [0.4, 0.5) is 10.1 Å². The van der Waals surface area contributed by atoms with Crippen LogP contribution in [0.5, 0.6) is 0 Å². The first-order chi connectivity index (χ1) is 9.58. The summed E-state index contributed by atoms with van der Waals surface area (Å²) < 4.78 is 14.0. The summed E-state index contributed by atoms with van der Waals surface area (Å²) in [5.74, 6) is -3.02. The number of nitrogens with one attached hydrogen (secondary N) is 2. The van der Waals surface area contributed by atoms with Gasteiger partial charge in [0.1, 0.15) is 5.82 Å². The van der Waals surface area contributed by atoms with Gasteiger partial charge in [0.05, 0.1) is 5.69 Å².